The maximum absolute atomic E-state index is 13.2. The van der Waals surface area contributed by atoms with Gasteiger partial charge in [-0.15, -0.1) is 0 Å². The Morgan fingerprint density at radius 2 is 1.86 bits per heavy atom. The minimum Gasteiger partial charge on any atom is -0.475 e. The number of carbonyl (C=O) groups excluding carboxylic acids is 3. The zero-order valence-corrected chi connectivity index (χ0v) is 19.5. The van der Waals surface area contributed by atoms with Crippen LogP contribution in [0.4, 0.5) is 10.5 Å². The number of furan rings is 1. The molecule has 0 unspecified atom stereocenters. The molecule has 1 aliphatic heterocycles. The zero-order valence-electron chi connectivity index (χ0n) is 17.9. The van der Waals surface area contributed by atoms with Crippen molar-refractivity contribution in [2.75, 3.05) is 4.90 Å². The molecule has 0 bridgehead atoms. The van der Waals surface area contributed by atoms with Crippen LogP contribution in [0.2, 0.25) is 0 Å². The number of carboxylic acids is 1. The van der Waals surface area contributed by atoms with Crippen LogP contribution in [0.25, 0.3) is 17.0 Å². The molecule has 9 nitrogen and oxygen atoms in total. The first-order valence-electron chi connectivity index (χ1n) is 10.4. The minimum atomic E-state index is -1.16. The number of carboxylic acid groups (broad SMARTS) is 1. The molecule has 4 aromatic rings. The van der Waals surface area contributed by atoms with Crippen LogP contribution < -0.4 is 10.2 Å². The number of rotatable bonds is 5. The molecule has 174 valence electrons. The molecular formula is C25H16BrN3O6. The summed E-state index contributed by atoms with van der Waals surface area (Å²) >= 11 is 3.32. The van der Waals surface area contributed by atoms with E-state index in [2.05, 4.69) is 21.2 Å². The number of benzene rings is 2. The highest BCUT2D eigenvalue weighted by Crippen LogP contribution is 2.28. The third kappa shape index (κ3) is 4.15. The van der Waals surface area contributed by atoms with Gasteiger partial charge in [-0.25, -0.2) is 14.5 Å². The molecule has 1 saturated heterocycles. The summed E-state index contributed by atoms with van der Waals surface area (Å²) in [5, 5.41) is 12.1. The van der Waals surface area contributed by atoms with Gasteiger partial charge in [-0.3, -0.25) is 14.9 Å². The molecule has 0 spiro atoms. The van der Waals surface area contributed by atoms with Crippen LogP contribution in [0.1, 0.15) is 21.9 Å². The molecule has 2 aromatic heterocycles. The van der Waals surface area contributed by atoms with E-state index in [1.165, 1.54) is 12.1 Å². The Morgan fingerprint density at radius 1 is 1.06 bits per heavy atom. The predicted octanol–water partition coefficient (Wildman–Crippen LogP) is 4.41. The fourth-order valence-corrected chi connectivity index (χ4v) is 4.32. The van der Waals surface area contributed by atoms with Crippen molar-refractivity contribution in [3.05, 3.63) is 94.0 Å². The fraction of sp³-hybridized carbons (Fsp3) is 0.0400. The normalized spacial score (nSPS) is 15.2. The smallest absolute Gasteiger partial charge is 0.371 e. The molecule has 5 rings (SSSR count). The number of hydrogen-bond donors (Lipinski definition) is 2. The van der Waals surface area contributed by atoms with E-state index < -0.39 is 23.8 Å². The Bertz CT molecular complexity index is 1560. The van der Waals surface area contributed by atoms with Crippen LogP contribution >= 0.6 is 15.9 Å². The highest BCUT2D eigenvalue weighted by molar-refractivity contribution is 9.10. The van der Waals surface area contributed by atoms with Crippen LogP contribution in [0.3, 0.4) is 0 Å². The van der Waals surface area contributed by atoms with Gasteiger partial charge in [-0.2, -0.15) is 0 Å². The first-order valence-corrected chi connectivity index (χ1v) is 11.2. The predicted molar refractivity (Wildman–Crippen MR) is 130 cm³/mol. The molecule has 0 atom stereocenters. The van der Waals surface area contributed by atoms with Crippen LogP contribution in [-0.2, 0) is 16.1 Å². The Hall–Kier alpha value is -4.44. The van der Waals surface area contributed by atoms with Crippen LogP contribution in [0, 0.1) is 0 Å². The second kappa shape index (κ2) is 8.73. The van der Waals surface area contributed by atoms with Gasteiger partial charge in [0.05, 0.1) is 12.2 Å². The SMILES string of the molecule is O=C1NC(=O)N(c2cccc(Br)c2)C(=O)/C1=C/c1cn(Cc2ccc(C(=O)O)o2)c2ccccc12. The molecule has 2 aromatic carbocycles. The number of fused-ring (bicyclic) bond motifs is 1. The number of carbonyl (C=O) groups is 4. The van der Waals surface area contributed by atoms with E-state index in [9.17, 15) is 19.2 Å². The van der Waals surface area contributed by atoms with Crippen molar-refractivity contribution < 1.29 is 28.7 Å². The summed E-state index contributed by atoms with van der Waals surface area (Å²) in [4.78, 5) is 50.4. The van der Waals surface area contributed by atoms with Crippen molar-refractivity contribution in [1.82, 2.24) is 9.88 Å². The Labute approximate surface area is 206 Å². The second-order valence-electron chi connectivity index (χ2n) is 7.74. The lowest BCUT2D eigenvalue weighted by Gasteiger charge is -2.26. The average Bonchev–Trinajstić information content (AvgIpc) is 3.42. The number of nitrogens with one attached hydrogen (secondary N) is 1. The molecule has 10 heteroatoms. The summed E-state index contributed by atoms with van der Waals surface area (Å²) in [7, 11) is 0. The third-order valence-corrected chi connectivity index (χ3v) is 5.98. The number of urea groups is 1. The van der Waals surface area contributed by atoms with Gasteiger partial charge in [0.2, 0.25) is 5.76 Å². The number of hydrogen-bond acceptors (Lipinski definition) is 5. The van der Waals surface area contributed by atoms with E-state index >= 15 is 0 Å². The number of aromatic nitrogens is 1. The van der Waals surface area contributed by atoms with Gasteiger partial charge in [-0.1, -0.05) is 40.2 Å². The van der Waals surface area contributed by atoms with Gasteiger partial charge < -0.3 is 14.1 Å². The standard InChI is InChI=1S/C25H16BrN3O6/c26-15-4-3-5-16(11-15)29-23(31)19(22(30)27-25(29)34)10-14-12-28(20-7-2-1-6-18(14)20)13-17-8-9-21(35-17)24(32)33/h1-12H,13H2,(H,32,33)(H,27,30,34)/b19-10+. The van der Waals surface area contributed by atoms with E-state index in [1.54, 1.807) is 36.5 Å². The lowest BCUT2D eigenvalue weighted by atomic mass is 10.1. The number of anilines is 1. The zero-order chi connectivity index (χ0) is 24.7. The van der Waals surface area contributed by atoms with Crippen LogP contribution in [0.5, 0.6) is 0 Å². The molecule has 35 heavy (non-hydrogen) atoms. The van der Waals surface area contributed by atoms with E-state index in [4.69, 9.17) is 9.52 Å². The minimum absolute atomic E-state index is 0.166. The van der Waals surface area contributed by atoms with E-state index in [0.717, 1.165) is 15.8 Å². The van der Waals surface area contributed by atoms with Gasteiger partial charge in [0, 0.05) is 27.1 Å². The summed E-state index contributed by atoms with van der Waals surface area (Å²) < 4.78 is 7.87. The highest BCUT2D eigenvalue weighted by Gasteiger charge is 2.37. The number of halogens is 1. The summed E-state index contributed by atoms with van der Waals surface area (Å²) in [6.07, 6.45) is 3.18. The van der Waals surface area contributed by atoms with E-state index in [0.29, 0.717) is 21.5 Å². The lowest BCUT2D eigenvalue weighted by Crippen LogP contribution is -2.54. The molecule has 1 fully saturated rings. The van der Waals surface area contributed by atoms with Crippen molar-refractivity contribution in [2.45, 2.75) is 6.54 Å². The Morgan fingerprint density at radius 3 is 2.60 bits per heavy atom. The quantitative estimate of drug-likeness (QED) is 0.289. The highest BCUT2D eigenvalue weighted by atomic mass is 79.9. The largest absolute Gasteiger partial charge is 0.475 e. The van der Waals surface area contributed by atoms with Crippen LogP contribution in [0.15, 0.2) is 81.3 Å². The third-order valence-electron chi connectivity index (χ3n) is 5.49. The van der Waals surface area contributed by atoms with E-state index in [1.807, 2.05) is 28.8 Å². The number of amides is 4. The van der Waals surface area contributed by atoms with Gasteiger partial charge in [0.1, 0.15) is 11.3 Å². The van der Waals surface area contributed by atoms with Crippen LogP contribution in [-0.4, -0.2) is 33.5 Å². The topological polar surface area (TPSA) is 122 Å². The van der Waals surface area contributed by atoms with Crippen molar-refractivity contribution in [2.24, 2.45) is 0 Å². The molecule has 1 aliphatic rings. The molecular weight excluding hydrogens is 518 g/mol. The first kappa shape index (κ1) is 22.4. The van der Waals surface area contributed by atoms with E-state index in [-0.39, 0.29) is 17.9 Å². The Kier molecular flexibility index (Phi) is 5.58. The van der Waals surface area contributed by atoms with Gasteiger partial charge in [-0.05, 0) is 42.5 Å². The summed E-state index contributed by atoms with van der Waals surface area (Å²) in [5.41, 5.74) is 1.48. The van der Waals surface area contributed by atoms with Crippen molar-refractivity contribution >= 4 is 62.4 Å². The number of nitrogens with zero attached hydrogens (tertiary/aromatic N) is 2. The fourth-order valence-electron chi connectivity index (χ4n) is 3.93. The van der Waals surface area contributed by atoms with Gasteiger partial charge in [0.25, 0.3) is 11.8 Å². The summed E-state index contributed by atoms with van der Waals surface area (Å²) in [5.74, 6) is -2.43. The van der Waals surface area contributed by atoms with Gasteiger partial charge >= 0.3 is 12.0 Å². The molecule has 0 saturated carbocycles. The first-order chi connectivity index (χ1) is 16.8. The van der Waals surface area contributed by atoms with Gasteiger partial charge in [0.15, 0.2) is 0 Å². The monoisotopic (exact) mass is 533 g/mol. The molecule has 4 amide bonds. The number of barbiturate groups is 1. The maximum Gasteiger partial charge on any atom is 0.371 e. The number of aromatic carboxylic acids is 1. The molecule has 0 aliphatic carbocycles. The van der Waals surface area contributed by atoms with Crippen molar-refractivity contribution in [3.8, 4) is 0 Å². The molecule has 0 radical (unpaired) electrons. The number of imide groups is 2. The Balaban J connectivity index is 1.55. The van der Waals surface area contributed by atoms with Crippen molar-refractivity contribution in [1.29, 1.82) is 0 Å². The van der Waals surface area contributed by atoms with Crippen molar-refractivity contribution in [3.63, 3.8) is 0 Å². The maximum atomic E-state index is 13.2. The molecule has 2 N–H and O–H groups in total. The molecule has 3 heterocycles. The number of para-hydroxylation sites is 1. The summed E-state index contributed by atoms with van der Waals surface area (Å²) in [6.45, 7) is 0.236. The lowest BCUT2D eigenvalue weighted by molar-refractivity contribution is -0.122. The average molecular weight is 534 g/mol. The summed E-state index contributed by atoms with van der Waals surface area (Å²) in [6, 6.07) is 16.1. The second-order valence-corrected chi connectivity index (χ2v) is 8.65.